The van der Waals surface area contributed by atoms with Crippen LogP contribution in [0.2, 0.25) is 0 Å². The monoisotopic (exact) mass is 364 g/mol. The van der Waals surface area contributed by atoms with Crippen molar-refractivity contribution in [1.82, 2.24) is 20.2 Å². The minimum Gasteiger partial charge on any atom is -0.309 e. The Labute approximate surface area is 146 Å². The third-order valence-corrected chi connectivity index (χ3v) is 6.57. The van der Waals surface area contributed by atoms with Gasteiger partial charge in [0.25, 0.3) is 5.56 Å². The molecule has 1 N–H and O–H groups in total. The summed E-state index contributed by atoms with van der Waals surface area (Å²) in [6, 6.07) is 7.37. The highest BCUT2D eigenvalue weighted by Crippen LogP contribution is 2.37. The normalized spacial score (nSPS) is 12.6. The van der Waals surface area contributed by atoms with Crippen LogP contribution in [0.5, 0.6) is 0 Å². The quantitative estimate of drug-likeness (QED) is 0.663. The lowest BCUT2D eigenvalue weighted by atomic mass is 10.2. The number of nitrogens with zero attached hydrogens (tertiary/aromatic N) is 3. The Balaban J connectivity index is 1.79. The Kier molecular flexibility index (Phi) is 5.34. The summed E-state index contributed by atoms with van der Waals surface area (Å²) in [5.41, 5.74) is 0.615. The van der Waals surface area contributed by atoms with Crippen molar-refractivity contribution in [3.63, 3.8) is 0 Å². The number of aromatic amines is 1. The lowest BCUT2D eigenvalue weighted by Gasteiger charge is -2.08. The number of para-hydroxylation sites is 1. The SMILES string of the molecule is CCCSc1nnc(SC(C)c2nc3ccccc3c(=O)[nH]2)s1. The van der Waals surface area contributed by atoms with Crippen molar-refractivity contribution in [3.05, 3.63) is 40.4 Å². The molecule has 3 rings (SSSR count). The van der Waals surface area contributed by atoms with Crippen molar-refractivity contribution in [2.45, 2.75) is 34.2 Å². The molecule has 2 heterocycles. The van der Waals surface area contributed by atoms with Crippen LogP contribution in [-0.2, 0) is 0 Å². The topological polar surface area (TPSA) is 71.5 Å². The van der Waals surface area contributed by atoms with E-state index in [9.17, 15) is 4.79 Å². The number of rotatable bonds is 6. The van der Waals surface area contributed by atoms with Crippen LogP contribution in [0.3, 0.4) is 0 Å². The third-order valence-electron chi connectivity index (χ3n) is 3.11. The lowest BCUT2D eigenvalue weighted by Crippen LogP contribution is -2.12. The van der Waals surface area contributed by atoms with Crippen molar-refractivity contribution in [1.29, 1.82) is 0 Å². The van der Waals surface area contributed by atoms with Gasteiger partial charge in [0.1, 0.15) is 5.82 Å². The van der Waals surface area contributed by atoms with E-state index in [1.807, 2.05) is 25.1 Å². The van der Waals surface area contributed by atoms with Gasteiger partial charge in [-0.1, -0.05) is 53.9 Å². The molecule has 1 unspecified atom stereocenters. The number of hydrogen-bond acceptors (Lipinski definition) is 7. The highest BCUT2D eigenvalue weighted by atomic mass is 32.2. The summed E-state index contributed by atoms with van der Waals surface area (Å²) in [5.74, 6) is 1.71. The molecule has 0 saturated heterocycles. The van der Waals surface area contributed by atoms with Crippen molar-refractivity contribution < 1.29 is 0 Å². The molecule has 0 aliphatic carbocycles. The van der Waals surface area contributed by atoms with E-state index in [0.717, 1.165) is 26.4 Å². The maximum absolute atomic E-state index is 12.1. The molecule has 0 bridgehead atoms. The van der Waals surface area contributed by atoms with Gasteiger partial charge < -0.3 is 4.98 Å². The molecule has 120 valence electrons. The molecule has 2 aromatic heterocycles. The molecule has 0 spiro atoms. The molecule has 1 aromatic carbocycles. The molecule has 1 atom stereocenters. The number of hydrogen-bond donors (Lipinski definition) is 1. The Morgan fingerprint density at radius 2 is 2.04 bits per heavy atom. The van der Waals surface area contributed by atoms with E-state index in [0.29, 0.717) is 11.2 Å². The standard InChI is InChI=1S/C15H16N4OS3/c1-3-8-21-14-18-19-15(23-14)22-9(2)12-16-11-7-5-4-6-10(11)13(20)17-12/h4-7,9H,3,8H2,1-2H3,(H,16,17,20). The second kappa shape index (κ2) is 7.46. The first-order chi connectivity index (χ1) is 11.2. The molecule has 5 nitrogen and oxygen atoms in total. The third kappa shape index (κ3) is 3.94. The van der Waals surface area contributed by atoms with Gasteiger partial charge in [-0.3, -0.25) is 4.79 Å². The van der Waals surface area contributed by atoms with Crippen molar-refractivity contribution in [2.24, 2.45) is 0 Å². The van der Waals surface area contributed by atoms with Crippen LogP contribution in [-0.4, -0.2) is 25.9 Å². The molecule has 8 heteroatoms. The van der Waals surface area contributed by atoms with Gasteiger partial charge in [0.05, 0.1) is 16.2 Å². The van der Waals surface area contributed by atoms with Crippen LogP contribution >= 0.6 is 34.9 Å². The van der Waals surface area contributed by atoms with Gasteiger partial charge in [0, 0.05) is 5.75 Å². The van der Waals surface area contributed by atoms with E-state index in [2.05, 4.69) is 27.1 Å². The summed E-state index contributed by atoms with van der Waals surface area (Å²) < 4.78 is 1.88. The van der Waals surface area contributed by atoms with E-state index >= 15 is 0 Å². The first kappa shape index (κ1) is 16.5. The number of H-pyrrole nitrogens is 1. The van der Waals surface area contributed by atoms with Gasteiger partial charge >= 0.3 is 0 Å². The molecule has 0 saturated carbocycles. The van der Waals surface area contributed by atoms with E-state index in [1.165, 1.54) is 0 Å². The zero-order chi connectivity index (χ0) is 16.2. The van der Waals surface area contributed by atoms with Crippen LogP contribution in [0.25, 0.3) is 10.9 Å². The molecular weight excluding hydrogens is 348 g/mol. The molecule has 23 heavy (non-hydrogen) atoms. The first-order valence-corrected chi connectivity index (χ1v) is 9.97. The number of aromatic nitrogens is 4. The molecule has 0 aliphatic heterocycles. The van der Waals surface area contributed by atoms with Gasteiger partial charge in [-0.2, -0.15) is 0 Å². The van der Waals surface area contributed by atoms with Gasteiger partial charge in [-0.15, -0.1) is 10.2 Å². The maximum Gasteiger partial charge on any atom is 0.258 e. The minimum absolute atomic E-state index is 0.00396. The highest BCUT2D eigenvalue weighted by Gasteiger charge is 2.15. The minimum atomic E-state index is -0.102. The number of thioether (sulfide) groups is 2. The highest BCUT2D eigenvalue weighted by molar-refractivity contribution is 8.03. The lowest BCUT2D eigenvalue weighted by molar-refractivity contribution is 0.910. The molecular formula is C15H16N4OS3. The van der Waals surface area contributed by atoms with Crippen LogP contribution in [0.15, 0.2) is 37.7 Å². The van der Waals surface area contributed by atoms with Crippen molar-refractivity contribution in [3.8, 4) is 0 Å². The maximum atomic E-state index is 12.1. The zero-order valence-electron chi connectivity index (χ0n) is 12.8. The zero-order valence-corrected chi connectivity index (χ0v) is 15.2. The van der Waals surface area contributed by atoms with E-state index in [-0.39, 0.29) is 10.8 Å². The van der Waals surface area contributed by atoms with Crippen LogP contribution in [0, 0.1) is 0 Å². The average Bonchev–Trinajstić information content (AvgIpc) is 3.00. The molecule has 0 radical (unpaired) electrons. The second-order valence-corrected chi connectivity index (χ2v) is 8.82. The van der Waals surface area contributed by atoms with E-state index in [4.69, 9.17) is 0 Å². The summed E-state index contributed by atoms with van der Waals surface area (Å²) >= 11 is 4.88. The summed E-state index contributed by atoms with van der Waals surface area (Å²) in [7, 11) is 0. The Bertz CT molecular complexity index is 861. The molecule has 3 aromatic rings. The van der Waals surface area contributed by atoms with Crippen molar-refractivity contribution >= 4 is 45.8 Å². The van der Waals surface area contributed by atoms with Gasteiger partial charge in [0.2, 0.25) is 0 Å². The predicted molar refractivity (Wildman–Crippen MR) is 97.6 cm³/mol. The number of benzene rings is 1. The van der Waals surface area contributed by atoms with Crippen molar-refractivity contribution in [2.75, 3.05) is 5.75 Å². The van der Waals surface area contributed by atoms with E-state index in [1.54, 1.807) is 40.9 Å². The largest absolute Gasteiger partial charge is 0.309 e. The van der Waals surface area contributed by atoms with E-state index < -0.39 is 0 Å². The Hall–Kier alpha value is -1.38. The van der Waals surface area contributed by atoms with Crippen LogP contribution in [0.4, 0.5) is 0 Å². The Morgan fingerprint density at radius 1 is 1.26 bits per heavy atom. The summed E-state index contributed by atoms with van der Waals surface area (Å²) in [5, 5.41) is 9.01. The molecule has 0 aliphatic rings. The van der Waals surface area contributed by atoms with Crippen LogP contribution in [0.1, 0.15) is 31.3 Å². The Morgan fingerprint density at radius 3 is 2.87 bits per heavy atom. The summed E-state index contributed by atoms with van der Waals surface area (Å²) in [6.45, 7) is 4.16. The molecule has 0 fully saturated rings. The fraction of sp³-hybridized carbons (Fsp3) is 0.333. The van der Waals surface area contributed by atoms with Crippen LogP contribution < -0.4 is 5.56 Å². The van der Waals surface area contributed by atoms with Gasteiger partial charge in [-0.25, -0.2) is 4.98 Å². The van der Waals surface area contributed by atoms with Gasteiger partial charge in [-0.05, 0) is 25.5 Å². The fourth-order valence-electron chi connectivity index (χ4n) is 2.00. The number of fused-ring (bicyclic) bond motifs is 1. The predicted octanol–water partition coefficient (Wildman–Crippen LogP) is 4.13. The second-order valence-electron chi connectivity index (χ2n) is 4.91. The molecule has 0 amide bonds. The average molecular weight is 365 g/mol. The smallest absolute Gasteiger partial charge is 0.258 e. The first-order valence-electron chi connectivity index (χ1n) is 7.29. The summed E-state index contributed by atoms with van der Waals surface area (Å²) in [6.07, 6.45) is 1.12. The summed E-state index contributed by atoms with van der Waals surface area (Å²) in [4.78, 5) is 19.6. The van der Waals surface area contributed by atoms with Gasteiger partial charge in [0.15, 0.2) is 8.68 Å². The number of nitrogens with one attached hydrogen (secondary N) is 1. The fourth-order valence-corrected chi connectivity index (χ4v) is 5.14.